The second-order valence-electron chi connectivity index (χ2n) is 11.9. The predicted octanol–water partition coefficient (Wildman–Crippen LogP) is 9.33. The lowest BCUT2D eigenvalue weighted by atomic mass is 10.0. The molecule has 0 bridgehead atoms. The van der Waals surface area contributed by atoms with Crippen molar-refractivity contribution in [3.05, 3.63) is 141 Å². The van der Waals surface area contributed by atoms with Crippen molar-refractivity contribution >= 4 is 68.9 Å². The summed E-state index contributed by atoms with van der Waals surface area (Å²) in [5.41, 5.74) is 4.60. The van der Waals surface area contributed by atoms with Crippen LogP contribution in [0.4, 0.5) is 26.2 Å². The highest BCUT2D eigenvalue weighted by Crippen LogP contribution is 2.37. The van der Waals surface area contributed by atoms with Crippen molar-refractivity contribution in [2.75, 3.05) is 23.7 Å². The number of aromatic nitrogens is 4. The summed E-state index contributed by atoms with van der Waals surface area (Å²) < 4.78 is 21.2. The molecule has 1 aliphatic heterocycles. The number of nitrogens with zero attached hydrogens (tertiary/aromatic N) is 6. The molecule has 0 aliphatic carbocycles. The smallest absolute Gasteiger partial charge is 0.410 e. The number of halogens is 4. The van der Waals surface area contributed by atoms with Gasteiger partial charge in [-0.2, -0.15) is 5.26 Å². The Bertz CT molecular complexity index is 2260. The van der Waals surface area contributed by atoms with E-state index in [-0.39, 0.29) is 29.3 Å². The quantitative estimate of drug-likeness (QED) is 0.150. The van der Waals surface area contributed by atoms with Gasteiger partial charge in [0.2, 0.25) is 0 Å². The van der Waals surface area contributed by atoms with Gasteiger partial charge in [0.1, 0.15) is 24.2 Å². The van der Waals surface area contributed by atoms with Gasteiger partial charge in [-0.1, -0.05) is 82.5 Å². The molecule has 3 heterocycles. The zero-order valence-corrected chi connectivity index (χ0v) is 29.0. The first-order valence-electron chi connectivity index (χ1n) is 15.9. The first kappa shape index (κ1) is 34.1. The summed E-state index contributed by atoms with van der Waals surface area (Å²) in [6.07, 6.45) is 3.60. The van der Waals surface area contributed by atoms with Crippen molar-refractivity contribution in [1.29, 1.82) is 5.26 Å². The van der Waals surface area contributed by atoms with E-state index in [0.717, 1.165) is 11.1 Å². The van der Waals surface area contributed by atoms with Crippen LogP contribution in [0.15, 0.2) is 97.3 Å². The minimum Gasteiger partial charge on any atom is -0.445 e. The largest absolute Gasteiger partial charge is 0.445 e. The number of nitriles is 1. The van der Waals surface area contributed by atoms with Crippen molar-refractivity contribution in [1.82, 2.24) is 24.9 Å². The Morgan fingerprint density at radius 2 is 1.80 bits per heavy atom. The van der Waals surface area contributed by atoms with Gasteiger partial charge in [0.25, 0.3) is 0 Å². The Morgan fingerprint density at radius 1 is 1.02 bits per heavy atom. The highest BCUT2D eigenvalue weighted by Gasteiger charge is 2.30. The zero-order valence-electron chi connectivity index (χ0n) is 26.7. The van der Waals surface area contributed by atoms with E-state index in [9.17, 15) is 14.4 Å². The number of ether oxygens (including phenoxy) is 1. The molecular weight excluding hydrogens is 714 g/mol. The number of fused-ring (bicyclic) bond motifs is 1. The third-order valence-electron chi connectivity index (χ3n) is 8.57. The fraction of sp³-hybridized carbons (Fsp3) is 0.162. The van der Waals surface area contributed by atoms with Gasteiger partial charge in [0.05, 0.1) is 45.1 Å². The summed E-state index contributed by atoms with van der Waals surface area (Å²) in [4.78, 5) is 18.9. The maximum Gasteiger partial charge on any atom is 0.410 e. The van der Waals surface area contributed by atoms with Crippen molar-refractivity contribution in [3.8, 4) is 6.07 Å². The first-order chi connectivity index (χ1) is 24.7. The molecule has 256 valence electrons. The molecule has 51 heavy (non-hydrogen) atoms. The van der Waals surface area contributed by atoms with Crippen molar-refractivity contribution in [3.63, 3.8) is 0 Å². The van der Waals surface area contributed by atoms with Gasteiger partial charge < -0.3 is 20.3 Å². The molecule has 4 aromatic carbocycles. The molecule has 14 heteroatoms. The van der Waals surface area contributed by atoms with Crippen LogP contribution >= 0.6 is 34.8 Å². The van der Waals surface area contributed by atoms with Crippen molar-refractivity contribution in [2.24, 2.45) is 0 Å². The second kappa shape index (κ2) is 14.8. The van der Waals surface area contributed by atoms with E-state index in [1.54, 1.807) is 27.8 Å². The lowest BCUT2D eigenvalue weighted by molar-refractivity contribution is 0.103. The molecular formula is C37H28Cl3FN8O2. The molecule has 1 fully saturated rings. The molecule has 1 aliphatic rings. The molecule has 2 atom stereocenters. The van der Waals surface area contributed by atoms with E-state index in [2.05, 4.69) is 32.0 Å². The van der Waals surface area contributed by atoms with Gasteiger partial charge in [0.15, 0.2) is 0 Å². The third kappa shape index (κ3) is 7.54. The minimum atomic E-state index is -0.561. The predicted molar refractivity (Wildman–Crippen MR) is 195 cm³/mol. The molecule has 2 aromatic heterocycles. The van der Waals surface area contributed by atoms with Crippen LogP contribution in [0, 0.1) is 17.1 Å². The van der Waals surface area contributed by atoms with Gasteiger partial charge in [-0.15, -0.1) is 5.10 Å². The van der Waals surface area contributed by atoms with Gasteiger partial charge in [-0.3, -0.25) is 4.98 Å². The Hall–Kier alpha value is -5.41. The average molecular weight is 742 g/mol. The Balaban J connectivity index is 1.16. The molecule has 10 nitrogen and oxygen atoms in total. The molecule has 0 radical (unpaired) electrons. The van der Waals surface area contributed by atoms with E-state index in [1.165, 1.54) is 24.4 Å². The highest BCUT2D eigenvalue weighted by atomic mass is 35.5. The molecule has 6 aromatic rings. The van der Waals surface area contributed by atoms with E-state index in [4.69, 9.17) is 39.5 Å². The van der Waals surface area contributed by atoms with Gasteiger partial charge >= 0.3 is 6.09 Å². The van der Waals surface area contributed by atoms with Crippen LogP contribution in [0.5, 0.6) is 0 Å². The molecule has 1 saturated heterocycles. The SMILES string of the molecule is N#Cc1cnc2c(Cl)cc(NC(c3ccc(Cl)cc3)c3cn([C@H]4CCN(C(=O)OCc5ccccc5)C4)nn3)cc2c1Nc1ccc(F)c(Cl)c1. The van der Waals surface area contributed by atoms with E-state index in [1.807, 2.05) is 54.7 Å². The maximum atomic E-state index is 13.9. The molecule has 0 spiro atoms. The topological polar surface area (TPSA) is 121 Å². The van der Waals surface area contributed by atoms with Crippen LogP contribution < -0.4 is 10.6 Å². The summed E-state index contributed by atoms with van der Waals surface area (Å²) in [7, 11) is 0. The normalized spacial score (nSPS) is 14.6. The number of hydrogen-bond donors (Lipinski definition) is 2. The number of anilines is 3. The minimum absolute atomic E-state index is 0.0654. The highest BCUT2D eigenvalue weighted by molar-refractivity contribution is 6.36. The van der Waals surface area contributed by atoms with Crippen LogP contribution in [0.2, 0.25) is 15.1 Å². The lowest BCUT2D eigenvalue weighted by Crippen LogP contribution is -2.29. The number of hydrogen-bond acceptors (Lipinski definition) is 8. The molecule has 7 rings (SSSR count). The number of likely N-dealkylation sites (tertiary alicyclic amines) is 1. The van der Waals surface area contributed by atoms with Crippen LogP contribution in [0.1, 0.15) is 40.9 Å². The Labute approximate surface area is 307 Å². The van der Waals surface area contributed by atoms with Crippen LogP contribution in [0.3, 0.4) is 0 Å². The lowest BCUT2D eigenvalue weighted by Gasteiger charge is -2.20. The molecule has 1 amide bonds. The molecule has 0 saturated carbocycles. The number of rotatable bonds is 9. The van der Waals surface area contributed by atoms with Crippen LogP contribution in [-0.2, 0) is 11.3 Å². The van der Waals surface area contributed by atoms with E-state index < -0.39 is 11.9 Å². The monoisotopic (exact) mass is 740 g/mol. The second-order valence-corrected chi connectivity index (χ2v) is 13.2. The average Bonchev–Trinajstić information content (AvgIpc) is 3.83. The van der Waals surface area contributed by atoms with Crippen LogP contribution in [0.25, 0.3) is 10.9 Å². The number of carbonyl (C=O) groups is 1. The summed E-state index contributed by atoms with van der Waals surface area (Å²) in [5, 5.41) is 27.1. The third-order valence-corrected chi connectivity index (χ3v) is 9.40. The van der Waals surface area contributed by atoms with Gasteiger partial charge in [0, 0.05) is 41.1 Å². The summed E-state index contributed by atoms with van der Waals surface area (Å²) in [5.74, 6) is -0.561. The maximum absolute atomic E-state index is 13.9. The molecule has 2 N–H and O–H groups in total. The number of pyridine rings is 1. The van der Waals surface area contributed by atoms with E-state index >= 15 is 0 Å². The number of benzene rings is 4. The molecule has 1 unspecified atom stereocenters. The van der Waals surface area contributed by atoms with Gasteiger partial charge in [-0.05, 0) is 60.0 Å². The summed E-state index contributed by atoms with van der Waals surface area (Å²) >= 11 is 19.1. The number of amides is 1. The summed E-state index contributed by atoms with van der Waals surface area (Å²) in [6, 6.07) is 26.2. The Morgan fingerprint density at radius 3 is 2.57 bits per heavy atom. The Kier molecular flexibility index (Phi) is 9.90. The fourth-order valence-corrected chi connectivity index (χ4v) is 6.54. The number of carbonyl (C=O) groups excluding carboxylic acids is 1. The van der Waals surface area contributed by atoms with Crippen LogP contribution in [-0.4, -0.2) is 44.1 Å². The number of nitrogens with one attached hydrogen (secondary N) is 2. The zero-order chi connectivity index (χ0) is 35.5. The van der Waals surface area contributed by atoms with Gasteiger partial charge in [-0.25, -0.2) is 13.9 Å². The van der Waals surface area contributed by atoms with Crippen molar-refractivity contribution in [2.45, 2.75) is 25.1 Å². The first-order valence-corrected chi connectivity index (χ1v) is 17.0. The standard InChI is InChI=1S/C37H28Cl3FN8O2/c38-25-8-6-23(7-9-25)35(33-20-49(47-46-33)28-12-13-48(19-28)37(50)51-21-22-4-2-1-3-5-22)45-27-14-29-34(44-26-10-11-32(41)30(39)15-26)24(17-42)18-43-36(29)31(40)16-27/h1-11,14-16,18,20,28,35,45H,12-13,19,21H2,(H,43,44)/t28-,35?/m0/s1. The fourth-order valence-electron chi connectivity index (χ4n) is 5.97. The van der Waals surface area contributed by atoms with E-state index in [0.29, 0.717) is 63.2 Å². The summed E-state index contributed by atoms with van der Waals surface area (Å²) in [6.45, 7) is 1.16. The van der Waals surface area contributed by atoms with Crippen molar-refractivity contribution < 1.29 is 13.9 Å².